The molecule has 0 radical (unpaired) electrons. The molecule has 2 N–H and O–H groups in total. The maximum atomic E-state index is 6.42. The minimum absolute atomic E-state index is 0.123. The maximum Gasteiger partial charge on any atom is 0.161 e. The lowest BCUT2D eigenvalue weighted by molar-refractivity contribution is 0.171. The van der Waals surface area contributed by atoms with E-state index in [1.165, 1.54) is 9.75 Å². The maximum absolute atomic E-state index is 6.42. The normalized spacial score (nSPS) is 15.8. The molecule has 0 saturated heterocycles. The van der Waals surface area contributed by atoms with E-state index in [0.29, 0.717) is 13.2 Å². The van der Waals surface area contributed by atoms with E-state index in [1.54, 1.807) is 11.3 Å². The Hall–Kier alpha value is -1.52. The summed E-state index contributed by atoms with van der Waals surface area (Å²) >= 11 is 1.78. The van der Waals surface area contributed by atoms with Gasteiger partial charge in [-0.25, -0.2) is 0 Å². The van der Waals surface area contributed by atoms with Crippen LogP contribution in [0.5, 0.6) is 11.5 Å². The Kier molecular flexibility index (Phi) is 3.68. The summed E-state index contributed by atoms with van der Waals surface area (Å²) in [4.78, 5) is 2.53. The Labute approximate surface area is 129 Å². The Morgan fingerprint density at radius 1 is 1.05 bits per heavy atom. The molecule has 3 nitrogen and oxygen atoms in total. The second-order valence-corrected chi connectivity index (χ2v) is 7.45. The molecule has 2 heterocycles. The van der Waals surface area contributed by atoms with Gasteiger partial charge in [0.1, 0.15) is 13.2 Å². The molecule has 0 bridgehead atoms. The minimum atomic E-state index is -0.123. The van der Waals surface area contributed by atoms with Crippen molar-refractivity contribution in [2.75, 3.05) is 13.2 Å². The van der Waals surface area contributed by atoms with E-state index in [2.05, 4.69) is 32.9 Å². The van der Waals surface area contributed by atoms with Gasteiger partial charge in [0, 0.05) is 9.75 Å². The van der Waals surface area contributed by atoms with E-state index in [0.717, 1.165) is 17.1 Å². The van der Waals surface area contributed by atoms with E-state index >= 15 is 0 Å². The van der Waals surface area contributed by atoms with Crippen LogP contribution >= 0.6 is 11.3 Å². The van der Waals surface area contributed by atoms with E-state index in [1.807, 2.05) is 18.2 Å². The van der Waals surface area contributed by atoms with Crippen LogP contribution in [0.2, 0.25) is 0 Å². The van der Waals surface area contributed by atoms with Crippen molar-refractivity contribution in [1.29, 1.82) is 0 Å². The third kappa shape index (κ3) is 2.92. The quantitative estimate of drug-likeness (QED) is 0.916. The predicted molar refractivity (Wildman–Crippen MR) is 86.5 cm³/mol. The Balaban J connectivity index is 1.88. The van der Waals surface area contributed by atoms with Crippen molar-refractivity contribution in [3.05, 3.63) is 45.6 Å². The first-order chi connectivity index (χ1) is 9.95. The Morgan fingerprint density at radius 3 is 2.43 bits per heavy atom. The van der Waals surface area contributed by atoms with Gasteiger partial charge in [0.25, 0.3) is 0 Å². The molecular formula is C17H21NO2S. The molecule has 2 aromatic rings. The zero-order valence-electron chi connectivity index (χ0n) is 12.7. The molecule has 1 aromatic heterocycles. The number of ether oxygens (including phenoxy) is 2. The number of hydrogen-bond acceptors (Lipinski definition) is 4. The minimum Gasteiger partial charge on any atom is -0.486 e. The summed E-state index contributed by atoms with van der Waals surface area (Å²) in [5, 5.41) is 0. The highest BCUT2D eigenvalue weighted by atomic mass is 32.1. The summed E-state index contributed by atoms with van der Waals surface area (Å²) in [6.07, 6.45) is 0. The van der Waals surface area contributed by atoms with E-state index in [-0.39, 0.29) is 11.5 Å². The Morgan fingerprint density at radius 2 is 1.76 bits per heavy atom. The lowest BCUT2D eigenvalue weighted by atomic mass is 9.95. The van der Waals surface area contributed by atoms with E-state index in [9.17, 15) is 0 Å². The highest BCUT2D eigenvalue weighted by Crippen LogP contribution is 2.37. The molecule has 0 amide bonds. The molecule has 1 aromatic carbocycles. The van der Waals surface area contributed by atoms with Crippen molar-refractivity contribution < 1.29 is 9.47 Å². The number of rotatable bonds is 2. The van der Waals surface area contributed by atoms with Crippen LogP contribution in [-0.2, 0) is 5.41 Å². The van der Waals surface area contributed by atoms with Crippen molar-refractivity contribution in [3.8, 4) is 11.5 Å². The zero-order valence-corrected chi connectivity index (χ0v) is 13.5. The standard InChI is InChI=1S/C17H21NO2S/c1-17(2,3)15-7-6-14(21-15)16(18)11-4-5-12-13(10-11)20-9-8-19-12/h4-7,10,16H,8-9,18H2,1-3H3. The van der Waals surface area contributed by atoms with Crippen LogP contribution in [0.25, 0.3) is 0 Å². The SMILES string of the molecule is CC(C)(C)c1ccc(C(N)c2ccc3c(c2)OCCO3)s1. The first-order valence-corrected chi connectivity index (χ1v) is 8.02. The number of nitrogens with two attached hydrogens (primary N) is 1. The van der Waals surface area contributed by atoms with Crippen LogP contribution in [0.3, 0.4) is 0 Å². The second kappa shape index (κ2) is 5.35. The summed E-state index contributed by atoms with van der Waals surface area (Å²) in [6, 6.07) is 10.2. The van der Waals surface area contributed by atoms with Crippen molar-refractivity contribution in [2.45, 2.75) is 32.2 Å². The van der Waals surface area contributed by atoms with E-state index in [4.69, 9.17) is 15.2 Å². The lowest BCUT2D eigenvalue weighted by Gasteiger charge is -2.20. The number of hydrogen-bond donors (Lipinski definition) is 1. The van der Waals surface area contributed by atoms with Crippen LogP contribution in [0, 0.1) is 0 Å². The topological polar surface area (TPSA) is 44.5 Å². The van der Waals surface area contributed by atoms with Gasteiger partial charge < -0.3 is 15.2 Å². The number of fused-ring (bicyclic) bond motifs is 1. The van der Waals surface area contributed by atoms with Crippen LogP contribution in [0.1, 0.15) is 42.1 Å². The summed E-state index contributed by atoms with van der Waals surface area (Å²) in [5.41, 5.74) is 7.64. The highest BCUT2D eigenvalue weighted by Gasteiger charge is 2.20. The van der Waals surface area contributed by atoms with Gasteiger partial charge >= 0.3 is 0 Å². The van der Waals surface area contributed by atoms with E-state index < -0.39 is 0 Å². The summed E-state index contributed by atoms with van der Waals surface area (Å²) in [6.45, 7) is 7.87. The van der Waals surface area contributed by atoms with Crippen LogP contribution in [-0.4, -0.2) is 13.2 Å². The van der Waals surface area contributed by atoms with Crippen LogP contribution in [0.4, 0.5) is 0 Å². The highest BCUT2D eigenvalue weighted by molar-refractivity contribution is 7.12. The molecule has 112 valence electrons. The first-order valence-electron chi connectivity index (χ1n) is 7.20. The average Bonchev–Trinajstić information content (AvgIpc) is 2.96. The first kappa shape index (κ1) is 14.4. The monoisotopic (exact) mass is 303 g/mol. The summed E-state index contributed by atoms with van der Waals surface area (Å²) < 4.78 is 11.2. The molecule has 0 fully saturated rings. The van der Waals surface area contributed by atoms with Gasteiger partial charge in [0.2, 0.25) is 0 Å². The van der Waals surface area contributed by atoms with Crippen molar-refractivity contribution in [3.63, 3.8) is 0 Å². The molecule has 1 aliphatic heterocycles. The number of thiophene rings is 1. The molecule has 0 aliphatic carbocycles. The van der Waals surface area contributed by atoms with Gasteiger partial charge in [-0.2, -0.15) is 0 Å². The molecule has 3 rings (SSSR count). The molecule has 1 aliphatic rings. The molecular weight excluding hydrogens is 282 g/mol. The predicted octanol–water partition coefficient (Wildman–Crippen LogP) is 3.86. The number of benzene rings is 1. The van der Waals surface area contributed by atoms with Crippen LogP contribution in [0.15, 0.2) is 30.3 Å². The van der Waals surface area contributed by atoms with Gasteiger partial charge in [-0.1, -0.05) is 26.8 Å². The van der Waals surface area contributed by atoms with Gasteiger partial charge in [0.15, 0.2) is 11.5 Å². The van der Waals surface area contributed by atoms with Gasteiger partial charge in [-0.15, -0.1) is 11.3 Å². The van der Waals surface area contributed by atoms with Gasteiger partial charge in [0.05, 0.1) is 6.04 Å². The van der Waals surface area contributed by atoms with Crippen molar-refractivity contribution >= 4 is 11.3 Å². The lowest BCUT2D eigenvalue weighted by Crippen LogP contribution is -2.16. The summed E-state index contributed by atoms with van der Waals surface area (Å²) in [5.74, 6) is 1.60. The molecule has 4 heteroatoms. The van der Waals surface area contributed by atoms with Crippen LogP contribution < -0.4 is 15.2 Å². The largest absolute Gasteiger partial charge is 0.486 e. The molecule has 1 unspecified atom stereocenters. The molecule has 1 atom stereocenters. The zero-order chi connectivity index (χ0) is 15.0. The Bertz CT molecular complexity index is 642. The smallest absolute Gasteiger partial charge is 0.161 e. The fraction of sp³-hybridized carbons (Fsp3) is 0.412. The van der Waals surface area contributed by atoms with Crippen molar-refractivity contribution in [1.82, 2.24) is 0 Å². The fourth-order valence-corrected chi connectivity index (χ4v) is 3.44. The average molecular weight is 303 g/mol. The van der Waals surface area contributed by atoms with Crippen molar-refractivity contribution in [2.24, 2.45) is 5.73 Å². The third-order valence-electron chi connectivity index (χ3n) is 3.60. The van der Waals surface area contributed by atoms with Gasteiger partial charge in [-0.3, -0.25) is 0 Å². The molecule has 0 saturated carbocycles. The molecule has 21 heavy (non-hydrogen) atoms. The molecule has 0 spiro atoms. The third-order valence-corrected chi connectivity index (χ3v) is 5.19. The summed E-state index contributed by atoms with van der Waals surface area (Å²) in [7, 11) is 0. The fourth-order valence-electron chi connectivity index (χ4n) is 2.34. The van der Waals surface area contributed by atoms with Gasteiger partial charge in [-0.05, 0) is 35.2 Å². The second-order valence-electron chi connectivity index (χ2n) is 6.33.